The third-order valence-electron chi connectivity index (χ3n) is 1.52. The molecule has 0 saturated carbocycles. The molecule has 0 N–H and O–H groups in total. The van der Waals surface area contributed by atoms with Crippen molar-refractivity contribution in [2.24, 2.45) is 0 Å². The minimum atomic E-state index is 0.618. The van der Waals surface area contributed by atoms with E-state index >= 15 is 0 Å². The van der Waals surface area contributed by atoms with E-state index in [1.54, 1.807) is 13.0 Å². The van der Waals surface area contributed by atoms with Crippen LogP contribution in [0.1, 0.15) is 18.2 Å². The molecule has 3 heteroatoms. The van der Waals surface area contributed by atoms with Crippen molar-refractivity contribution < 1.29 is 9.15 Å². The number of ether oxygens (including phenoxy) is 1. The van der Waals surface area contributed by atoms with Gasteiger partial charge in [-0.25, -0.2) is 0 Å². The highest BCUT2D eigenvalue weighted by Gasteiger charge is 2.14. The molecule has 2 nitrogen and oxygen atoms in total. The molecule has 0 spiro atoms. The number of furan rings is 1. The molecule has 1 heterocycles. The molecule has 0 atom stereocenters. The zero-order chi connectivity index (χ0) is 10.0. The van der Waals surface area contributed by atoms with Crippen molar-refractivity contribution in [2.45, 2.75) is 13.8 Å². The monoisotopic (exact) mass is 242 g/mol. The second-order valence-electron chi connectivity index (χ2n) is 2.70. The number of hydrogen-bond acceptors (Lipinski definition) is 2. The molecule has 13 heavy (non-hydrogen) atoms. The molecule has 70 valence electrons. The van der Waals surface area contributed by atoms with Crippen LogP contribution in [0.25, 0.3) is 6.08 Å². The number of hydrogen-bond donors (Lipinski definition) is 0. The molecule has 1 rings (SSSR count). The van der Waals surface area contributed by atoms with E-state index in [0.717, 1.165) is 5.56 Å². The average Bonchev–Trinajstić information content (AvgIpc) is 2.31. The standard InChI is InChI=1S/C10H11BrO2/c1-5-8-9(12-6(2)3)7(4)10(11)13-8/h5H,1-2H2,3-4H3. The van der Waals surface area contributed by atoms with E-state index in [1.807, 2.05) is 6.92 Å². The zero-order valence-electron chi connectivity index (χ0n) is 7.69. The maximum absolute atomic E-state index is 5.40. The Bertz CT molecular complexity index is 350. The van der Waals surface area contributed by atoms with E-state index in [4.69, 9.17) is 9.15 Å². The number of halogens is 1. The van der Waals surface area contributed by atoms with Crippen LogP contribution in [0.4, 0.5) is 0 Å². The average molecular weight is 243 g/mol. The second kappa shape index (κ2) is 3.83. The van der Waals surface area contributed by atoms with Gasteiger partial charge in [0.15, 0.2) is 16.2 Å². The van der Waals surface area contributed by atoms with Gasteiger partial charge >= 0.3 is 0 Å². The summed E-state index contributed by atoms with van der Waals surface area (Å²) >= 11 is 3.27. The first-order valence-corrected chi connectivity index (χ1v) is 4.60. The Balaban J connectivity index is 3.15. The molecule has 0 saturated heterocycles. The highest BCUT2D eigenvalue weighted by Crippen LogP contribution is 2.34. The van der Waals surface area contributed by atoms with Crippen molar-refractivity contribution >= 4 is 22.0 Å². The molecule has 0 bridgehead atoms. The van der Waals surface area contributed by atoms with Crippen LogP contribution >= 0.6 is 15.9 Å². The minimum Gasteiger partial charge on any atom is -0.458 e. The molecule has 0 aliphatic rings. The third kappa shape index (κ3) is 2.04. The van der Waals surface area contributed by atoms with Gasteiger partial charge in [0, 0.05) is 5.56 Å². The molecule has 0 amide bonds. The summed E-state index contributed by atoms with van der Waals surface area (Å²) in [6.07, 6.45) is 1.61. The van der Waals surface area contributed by atoms with Crippen LogP contribution in [0.5, 0.6) is 5.75 Å². The Morgan fingerprint density at radius 2 is 2.23 bits per heavy atom. The Morgan fingerprint density at radius 1 is 1.62 bits per heavy atom. The smallest absolute Gasteiger partial charge is 0.176 e. The van der Waals surface area contributed by atoms with Gasteiger partial charge in [-0.3, -0.25) is 0 Å². The summed E-state index contributed by atoms with van der Waals surface area (Å²) < 4.78 is 11.4. The second-order valence-corrected chi connectivity index (χ2v) is 3.42. The fraction of sp³-hybridized carbons (Fsp3) is 0.200. The zero-order valence-corrected chi connectivity index (χ0v) is 9.27. The van der Waals surface area contributed by atoms with E-state index in [9.17, 15) is 0 Å². The van der Waals surface area contributed by atoms with Crippen molar-refractivity contribution in [1.82, 2.24) is 0 Å². The van der Waals surface area contributed by atoms with Crippen LogP contribution in [0.3, 0.4) is 0 Å². The molecule has 0 fully saturated rings. The molecule has 1 aromatic heterocycles. The summed E-state index contributed by atoms with van der Waals surface area (Å²) in [5, 5.41) is 0. The van der Waals surface area contributed by atoms with Crippen molar-refractivity contribution in [2.75, 3.05) is 0 Å². The predicted molar refractivity (Wildman–Crippen MR) is 56.7 cm³/mol. The summed E-state index contributed by atoms with van der Waals surface area (Å²) in [6.45, 7) is 11.0. The van der Waals surface area contributed by atoms with Gasteiger partial charge in [0.2, 0.25) is 0 Å². The first kappa shape index (κ1) is 10.1. The molecule has 0 aliphatic carbocycles. The molecular formula is C10H11BrO2. The summed E-state index contributed by atoms with van der Waals surface area (Å²) in [5.74, 6) is 1.92. The lowest BCUT2D eigenvalue weighted by Gasteiger charge is -2.02. The van der Waals surface area contributed by atoms with Crippen LogP contribution in [0.2, 0.25) is 0 Å². The van der Waals surface area contributed by atoms with Gasteiger partial charge in [0.05, 0.1) is 5.76 Å². The molecule has 0 aromatic carbocycles. The lowest BCUT2D eigenvalue weighted by molar-refractivity contribution is 0.415. The normalized spacial score (nSPS) is 9.77. The van der Waals surface area contributed by atoms with Gasteiger partial charge < -0.3 is 9.15 Å². The van der Waals surface area contributed by atoms with Crippen LogP contribution in [-0.4, -0.2) is 0 Å². The highest BCUT2D eigenvalue weighted by atomic mass is 79.9. The van der Waals surface area contributed by atoms with Crippen LogP contribution in [0.15, 0.2) is 28.0 Å². The van der Waals surface area contributed by atoms with Gasteiger partial charge in [-0.05, 0) is 35.9 Å². The lowest BCUT2D eigenvalue weighted by atomic mass is 10.3. The quantitative estimate of drug-likeness (QED) is 0.751. The van der Waals surface area contributed by atoms with Crippen molar-refractivity contribution in [3.63, 3.8) is 0 Å². The van der Waals surface area contributed by atoms with Crippen molar-refractivity contribution in [1.29, 1.82) is 0 Å². The number of allylic oxidation sites excluding steroid dienone is 1. The van der Waals surface area contributed by atoms with Gasteiger partial charge in [-0.15, -0.1) is 0 Å². The van der Waals surface area contributed by atoms with E-state index < -0.39 is 0 Å². The molecular weight excluding hydrogens is 232 g/mol. The van der Waals surface area contributed by atoms with Crippen molar-refractivity contribution in [3.8, 4) is 5.75 Å². The maximum atomic E-state index is 5.40. The topological polar surface area (TPSA) is 22.4 Å². The first-order valence-electron chi connectivity index (χ1n) is 3.81. The minimum absolute atomic E-state index is 0.618. The van der Waals surface area contributed by atoms with Crippen LogP contribution in [0, 0.1) is 6.92 Å². The summed E-state index contributed by atoms with van der Waals surface area (Å²) in [6, 6.07) is 0. The predicted octanol–water partition coefficient (Wildman–Crippen LogP) is 3.91. The van der Waals surface area contributed by atoms with E-state index in [1.165, 1.54) is 0 Å². The largest absolute Gasteiger partial charge is 0.458 e. The van der Waals surface area contributed by atoms with Gasteiger partial charge in [0.1, 0.15) is 0 Å². The molecule has 0 unspecified atom stereocenters. The molecule has 0 radical (unpaired) electrons. The van der Waals surface area contributed by atoms with Crippen LogP contribution < -0.4 is 4.74 Å². The summed E-state index contributed by atoms with van der Waals surface area (Å²) in [5.41, 5.74) is 0.915. The molecule has 0 aliphatic heterocycles. The number of rotatable bonds is 3. The Kier molecular flexibility index (Phi) is 2.98. The third-order valence-corrected chi connectivity index (χ3v) is 2.28. The first-order chi connectivity index (χ1) is 6.06. The summed E-state index contributed by atoms with van der Waals surface area (Å²) in [7, 11) is 0. The van der Waals surface area contributed by atoms with Crippen molar-refractivity contribution in [3.05, 3.63) is 34.9 Å². The summed E-state index contributed by atoms with van der Waals surface area (Å²) in [4.78, 5) is 0. The Labute approximate surface area is 86.0 Å². The SMILES string of the molecule is C=Cc1oc(Br)c(C)c1OC(=C)C. The fourth-order valence-electron chi connectivity index (χ4n) is 0.929. The van der Waals surface area contributed by atoms with E-state index in [2.05, 4.69) is 29.1 Å². The highest BCUT2D eigenvalue weighted by molar-refractivity contribution is 9.10. The lowest BCUT2D eigenvalue weighted by Crippen LogP contribution is -1.90. The Morgan fingerprint density at radius 3 is 2.69 bits per heavy atom. The fourth-order valence-corrected chi connectivity index (χ4v) is 1.28. The van der Waals surface area contributed by atoms with Crippen LogP contribution in [-0.2, 0) is 0 Å². The maximum Gasteiger partial charge on any atom is 0.176 e. The Hall–Kier alpha value is -0.960. The van der Waals surface area contributed by atoms with Gasteiger partial charge in [-0.2, -0.15) is 0 Å². The van der Waals surface area contributed by atoms with Gasteiger partial charge in [0.25, 0.3) is 0 Å². The van der Waals surface area contributed by atoms with E-state index in [0.29, 0.717) is 21.9 Å². The van der Waals surface area contributed by atoms with Gasteiger partial charge in [-0.1, -0.05) is 13.2 Å². The molecule has 1 aromatic rings. The van der Waals surface area contributed by atoms with E-state index in [-0.39, 0.29) is 0 Å².